The molecule has 0 aromatic heterocycles. The zero-order chi connectivity index (χ0) is 21.0. The molecule has 6 nitrogen and oxygen atoms in total. The van der Waals surface area contributed by atoms with E-state index in [4.69, 9.17) is 17.3 Å². The molecule has 0 aliphatic carbocycles. The quantitative estimate of drug-likeness (QED) is 0.325. The number of nitrogens with zero attached hydrogens (tertiary/aromatic N) is 2. The Morgan fingerprint density at radius 3 is 2.38 bits per heavy atom. The Morgan fingerprint density at radius 1 is 1.14 bits per heavy atom. The minimum atomic E-state index is -1.23. The van der Waals surface area contributed by atoms with E-state index in [-0.39, 0.29) is 22.5 Å². The molecular weight excluding hydrogens is 388 g/mol. The predicted octanol–water partition coefficient (Wildman–Crippen LogP) is 4.67. The van der Waals surface area contributed by atoms with Crippen LogP contribution in [0.3, 0.4) is 0 Å². The van der Waals surface area contributed by atoms with Crippen molar-refractivity contribution in [2.45, 2.75) is 6.92 Å². The zero-order valence-corrected chi connectivity index (χ0v) is 16.2. The molecule has 0 amide bonds. The second kappa shape index (κ2) is 8.46. The first kappa shape index (κ1) is 19.9. The molecule has 0 saturated carbocycles. The number of halogens is 1. The topological polar surface area (TPSA) is 112 Å². The summed E-state index contributed by atoms with van der Waals surface area (Å²) in [6, 6.07) is 19.3. The third-order valence-electron chi connectivity index (χ3n) is 4.26. The number of hydrazone groups is 1. The van der Waals surface area contributed by atoms with Gasteiger partial charge in [-0.05, 0) is 48.9 Å². The molecule has 7 heteroatoms. The number of benzene rings is 3. The number of hydrogen-bond acceptors (Lipinski definition) is 5. The molecule has 0 bridgehead atoms. The smallest absolute Gasteiger partial charge is 0.356 e. The van der Waals surface area contributed by atoms with Crippen LogP contribution in [0.2, 0.25) is 5.02 Å². The lowest BCUT2D eigenvalue weighted by Crippen LogP contribution is -2.17. The van der Waals surface area contributed by atoms with Gasteiger partial charge in [0.15, 0.2) is 5.71 Å². The Kier molecular flexibility index (Phi) is 5.82. The van der Waals surface area contributed by atoms with E-state index < -0.39 is 5.97 Å². The second-order valence-corrected chi connectivity index (χ2v) is 6.79. The van der Waals surface area contributed by atoms with E-state index in [1.807, 2.05) is 19.1 Å². The summed E-state index contributed by atoms with van der Waals surface area (Å²) in [5.74, 6) is -1.23. The van der Waals surface area contributed by atoms with Gasteiger partial charge < -0.3 is 10.8 Å². The van der Waals surface area contributed by atoms with Gasteiger partial charge in [-0.15, -0.1) is 0 Å². The first-order valence-electron chi connectivity index (χ1n) is 8.62. The van der Waals surface area contributed by atoms with Gasteiger partial charge in [0.25, 0.3) is 0 Å². The van der Waals surface area contributed by atoms with Crippen molar-refractivity contribution in [3.63, 3.8) is 0 Å². The molecule has 3 aromatic rings. The lowest BCUT2D eigenvalue weighted by atomic mass is 9.95. The van der Waals surface area contributed by atoms with Crippen LogP contribution in [0.1, 0.15) is 16.7 Å². The summed E-state index contributed by atoms with van der Waals surface area (Å²) in [5.41, 5.74) is 12.2. The van der Waals surface area contributed by atoms with E-state index in [9.17, 15) is 15.2 Å². The van der Waals surface area contributed by atoms with E-state index in [0.29, 0.717) is 21.8 Å². The van der Waals surface area contributed by atoms with Crippen LogP contribution in [-0.2, 0) is 4.79 Å². The molecule has 0 unspecified atom stereocenters. The van der Waals surface area contributed by atoms with Crippen LogP contribution < -0.4 is 11.2 Å². The molecule has 0 radical (unpaired) electrons. The number of hydrogen-bond donors (Lipinski definition) is 3. The second-order valence-electron chi connectivity index (χ2n) is 6.35. The van der Waals surface area contributed by atoms with Crippen LogP contribution in [0.15, 0.2) is 65.8 Å². The van der Waals surface area contributed by atoms with Gasteiger partial charge in [0, 0.05) is 16.1 Å². The van der Waals surface area contributed by atoms with Gasteiger partial charge in [-0.25, -0.2) is 4.79 Å². The molecule has 0 fully saturated rings. The van der Waals surface area contributed by atoms with Gasteiger partial charge in [-0.2, -0.15) is 10.4 Å². The van der Waals surface area contributed by atoms with Crippen molar-refractivity contribution in [1.29, 1.82) is 5.26 Å². The lowest BCUT2D eigenvalue weighted by Gasteiger charge is -2.11. The van der Waals surface area contributed by atoms with E-state index in [2.05, 4.69) is 16.6 Å². The Bertz CT molecular complexity index is 1130. The molecule has 0 aliphatic heterocycles. The highest BCUT2D eigenvalue weighted by Gasteiger charge is 2.18. The number of carboxylic acids is 1. The van der Waals surface area contributed by atoms with Crippen molar-refractivity contribution in [3.05, 3.63) is 82.4 Å². The summed E-state index contributed by atoms with van der Waals surface area (Å²) in [6.45, 7) is 1.95. The molecule has 0 spiro atoms. The molecule has 0 aliphatic rings. The minimum absolute atomic E-state index is 0.166. The van der Waals surface area contributed by atoms with E-state index in [1.54, 1.807) is 42.5 Å². The van der Waals surface area contributed by atoms with Crippen molar-refractivity contribution >= 4 is 34.7 Å². The fourth-order valence-corrected chi connectivity index (χ4v) is 2.89. The van der Waals surface area contributed by atoms with E-state index >= 15 is 0 Å². The Balaban J connectivity index is 2.08. The number of aliphatic carboxylic acids is 1. The van der Waals surface area contributed by atoms with Gasteiger partial charge in [0.05, 0.1) is 16.9 Å². The number of rotatable bonds is 5. The van der Waals surface area contributed by atoms with Gasteiger partial charge in [-0.1, -0.05) is 41.4 Å². The molecule has 0 saturated heterocycles. The summed E-state index contributed by atoms with van der Waals surface area (Å²) >= 11 is 5.94. The van der Waals surface area contributed by atoms with Crippen molar-refractivity contribution in [2.24, 2.45) is 5.10 Å². The minimum Gasteiger partial charge on any atom is -0.476 e. The van der Waals surface area contributed by atoms with Crippen LogP contribution in [0.4, 0.5) is 11.4 Å². The fourth-order valence-electron chi connectivity index (χ4n) is 2.77. The van der Waals surface area contributed by atoms with Gasteiger partial charge in [0.1, 0.15) is 6.07 Å². The molecule has 3 aromatic carbocycles. The normalized spacial score (nSPS) is 11.0. The zero-order valence-electron chi connectivity index (χ0n) is 15.5. The Hall–Kier alpha value is -3.82. The number of nitrogens with two attached hydrogens (primary N) is 1. The molecule has 29 heavy (non-hydrogen) atoms. The van der Waals surface area contributed by atoms with Crippen molar-refractivity contribution < 1.29 is 9.90 Å². The molecule has 0 atom stereocenters. The number of carboxylic acid groups (broad SMARTS) is 1. The first-order chi connectivity index (χ1) is 13.9. The number of nitrogen functional groups attached to an aromatic ring is 1. The molecule has 0 heterocycles. The maximum atomic E-state index is 11.8. The van der Waals surface area contributed by atoms with Crippen molar-refractivity contribution in [3.8, 4) is 17.2 Å². The van der Waals surface area contributed by atoms with Crippen LogP contribution in [0, 0.1) is 18.3 Å². The fraction of sp³-hybridized carbons (Fsp3) is 0.0455. The Labute approximate surface area is 172 Å². The van der Waals surface area contributed by atoms with Crippen LogP contribution in [0.25, 0.3) is 11.1 Å². The standard InChI is InChI=1S/C22H17ClN4O2/c1-13-2-8-17(9-3-13)26-27-21(22(28)29)15-10-18(19(12-24)20(25)11-15)14-4-6-16(23)7-5-14/h2-11,26H,25H2,1H3,(H,28,29)/b27-21-. The summed E-state index contributed by atoms with van der Waals surface area (Å²) in [5, 5.41) is 23.8. The van der Waals surface area contributed by atoms with Crippen molar-refractivity contribution in [1.82, 2.24) is 0 Å². The monoisotopic (exact) mass is 404 g/mol. The number of aryl methyl sites for hydroxylation is 1. The first-order valence-corrected chi connectivity index (χ1v) is 9.00. The molecular formula is C22H17ClN4O2. The summed E-state index contributed by atoms with van der Waals surface area (Å²) in [7, 11) is 0. The van der Waals surface area contributed by atoms with Gasteiger partial charge >= 0.3 is 5.97 Å². The third kappa shape index (κ3) is 4.54. The van der Waals surface area contributed by atoms with Crippen LogP contribution in [-0.4, -0.2) is 16.8 Å². The van der Waals surface area contributed by atoms with Gasteiger partial charge in [-0.3, -0.25) is 5.43 Å². The highest BCUT2D eigenvalue weighted by atomic mass is 35.5. The van der Waals surface area contributed by atoms with Gasteiger partial charge in [0.2, 0.25) is 0 Å². The van der Waals surface area contributed by atoms with Crippen LogP contribution in [0.5, 0.6) is 0 Å². The third-order valence-corrected chi connectivity index (χ3v) is 4.51. The lowest BCUT2D eigenvalue weighted by molar-refractivity contribution is -0.129. The number of carbonyl (C=O) groups is 1. The Morgan fingerprint density at radius 2 is 1.79 bits per heavy atom. The summed E-state index contributed by atoms with van der Waals surface area (Å²) in [4.78, 5) is 11.8. The summed E-state index contributed by atoms with van der Waals surface area (Å²) in [6.07, 6.45) is 0. The SMILES string of the molecule is Cc1ccc(N/N=C(\C(=O)O)c2cc(N)c(C#N)c(-c3ccc(Cl)cc3)c2)cc1. The van der Waals surface area contributed by atoms with E-state index in [1.165, 1.54) is 6.07 Å². The van der Waals surface area contributed by atoms with Crippen LogP contribution >= 0.6 is 11.6 Å². The van der Waals surface area contributed by atoms with E-state index in [0.717, 1.165) is 5.56 Å². The largest absolute Gasteiger partial charge is 0.476 e. The highest BCUT2D eigenvalue weighted by Crippen LogP contribution is 2.30. The summed E-state index contributed by atoms with van der Waals surface area (Å²) < 4.78 is 0. The van der Waals surface area contributed by atoms with Crippen molar-refractivity contribution in [2.75, 3.05) is 11.2 Å². The maximum Gasteiger partial charge on any atom is 0.356 e. The molecule has 3 rings (SSSR count). The average molecular weight is 405 g/mol. The number of nitrogens with one attached hydrogen (secondary N) is 1. The molecule has 4 N–H and O–H groups in total. The maximum absolute atomic E-state index is 11.8. The average Bonchev–Trinajstić information content (AvgIpc) is 2.69. The predicted molar refractivity (Wildman–Crippen MR) is 115 cm³/mol. The molecule has 144 valence electrons. The highest BCUT2D eigenvalue weighted by molar-refractivity contribution is 6.43. The number of anilines is 2. The number of nitriles is 1.